The number of ether oxygens (including phenoxy) is 5. The monoisotopic (exact) mass is 474 g/mol. The third-order valence-electron chi connectivity index (χ3n) is 5.23. The zero-order valence-electron chi connectivity index (χ0n) is 19.1. The largest absolute Gasteiger partial charge is 0.447 e. The Hall–Kier alpha value is -2.80. The average Bonchev–Trinajstić information content (AvgIpc) is 3.47. The fourth-order valence-electron chi connectivity index (χ4n) is 3.43. The highest BCUT2D eigenvalue weighted by Gasteiger charge is 2.28. The first-order valence-corrected chi connectivity index (χ1v) is 11.1. The molecular formula is C20H34N4O9. The van der Waals surface area contributed by atoms with Gasteiger partial charge in [0.1, 0.15) is 19.8 Å². The van der Waals surface area contributed by atoms with Crippen LogP contribution in [0.15, 0.2) is 0 Å². The van der Waals surface area contributed by atoms with Crippen LogP contribution in [-0.4, -0.2) is 89.2 Å². The number of amides is 4. The minimum Gasteiger partial charge on any atom is -0.447 e. The zero-order chi connectivity index (χ0) is 24.1. The molecule has 4 unspecified atom stereocenters. The Balaban J connectivity index is 1.47. The summed E-state index contributed by atoms with van der Waals surface area (Å²) >= 11 is 0. The van der Waals surface area contributed by atoms with E-state index in [1.165, 1.54) is 7.05 Å². The number of hydrogen-bond donors (Lipinski definition) is 4. The standard InChI is InChI=1S/C20H34N4O9/c1-21-17(25)8-7-13-3-4-14(32-13)10-30-19(27)23-12-24-20(28)31-11-16-6-5-15(33-16)9-29-18(26)22-2/h13-16H,3-12H2,1-2H3,(H,21,25)(H,22,26)(H,23,27)(H,24,28). The first kappa shape index (κ1) is 26.5. The lowest BCUT2D eigenvalue weighted by Gasteiger charge is -2.15. The lowest BCUT2D eigenvalue weighted by molar-refractivity contribution is -0.121. The third-order valence-corrected chi connectivity index (χ3v) is 5.23. The second-order valence-corrected chi connectivity index (χ2v) is 7.70. The van der Waals surface area contributed by atoms with Crippen LogP contribution < -0.4 is 21.3 Å². The maximum atomic E-state index is 11.8. The Kier molecular flexibility index (Phi) is 11.5. The van der Waals surface area contributed by atoms with Gasteiger partial charge in [0.15, 0.2) is 0 Å². The van der Waals surface area contributed by atoms with E-state index < -0.39 is 18.3 Å². The number of alkyl carbamates (subject to hydrolysis) is 3. The molecule has 2 aliphatic heterocycles. The van der Waals surface area contributed by atoms with E-state index in [9.17, 15) is 19.2 Å². The lowest BCUT2D eigenvalue weighted by Crippen LogP contribution is -2.39. The zero-order valence-corrected chi connectivity index (χ0v) is 19.1. The van der Waals surface area contributed by atoms with Gasteiger partial charge in [0.2, 0.25) is 5.91 Å². The van der Waals surface area contributed by atoms with Gasteiger partial charge in [-0.2, -0.15) is 0 Å². The summed E-state index contributed by atoms with van der Waals surface area (Å²) in [5.74, 6) is -0.0314. The van der Waals surface area contributed by atoms with Crippen LogP contribution in [0.4, 0.5) is 14.4 Å². The molecule has 0 aromatic rings. The van der Waals surface area contributed by atoms with Crippen LogP contribution in [-0.2, 0) is 28.5 Å². The molecule has 2 aliphatic rings. The van der Waals surface area contributed by atoms with Crippen LogP contribution in [0.25, 0.3) is 0 Å². The van der Waals surface area contributed by atoms with E-state index >= 15 is 0 Å². The quantitative estimate of drug-likeness (QED) is 0.245. The Bertz CT molecular complexity index is 609. The van der Waals surface area contributed by atoms with Crippen molar-refractivity contribution in [3.63, 3.8) is 0 Å². The van der Waals surface area contributed by atoms with Crippen LogP contribution in [0, 0.1) is 0 Å². The van der Waals surface area contributed by atoms with E-state index in [0.29, 0.717) is 25.7 Å². The molecule has 13 heteroatoms. The fraction of sp³-hybridized carbons (Fsp3) is 0.800. The number of hydrogen-bond acceptors (Lipinski definition) is 9. The molecular weight excluding hydrogens is 440 g/mol. The Morgan fingerprint density at radius 3 is 1.64 bits per heavy atom. The number of rotatable bonds is 11. The minimum absolute atomic E-state index is 0.0158. The SMILES string of the molecule is CNC(=O)CCC1CCC(COC(=O)NCNC(=O)OCC2CCC(COC(=O)NC)O2)O1. The van der Waals surface area contributed by atoms with Gasteiger partial charge in [-0.15, -0.1) is 0 Å². The summed E-state index contributed by atoms with van der Waals surface area (Å²) in [6, 6.07) is 0. The summed E-state index contributed by atoms with van der Waals surface area (Å²) in [7, 11) is 3.06. The highest BCUT2D eigenvalue weighted by atomic mass is 16.6. The van der Waals surface area contributed by atoms with Gasteiger partial charge in [0.25, 0.3) is 0 Å². The van der Waals surface area contributed by atoms with Crippen LogP contribution >= 0.6 is 0 Å². The molecule has 2 saturated heterocycles. The van der Waals surface area contributed by atoms with Crippen molar-refractivity contribution in [2.45, 2.75) is 62.9 Å². The summed E-state index contributed by atoms with van der Waals surface area (Å²) < 4.78 is 26.5. The third kappa shape index (κ3) is 10.6. The maximum Gasteiger partial charge on any atom is 0.408 e. The summed E-state index contributed by atoms with van der Waals surface area (Å²) in [5, 5.41) is 9.70. The molecule has 0 radical (unpaired) electrons. The molecule has 4 amide bonds. The molecule has 0 aromatic heterocycles. The van der Waals surface area contributed by atoms with Crippen LogP contribution in [0.3, 0.4) is 0 Å². The number of carbonyl (C=O) groups is 4. The van der Waals surface area contributed by atoms with Gasteiger partial charge in [0.05, 0.1) is 31.1 Å². The van der Waals surface area contributed by atoms with E-state index in [2.05, 4.69) is 21.3 Å². The van der Waals surface area contributed by atoms with Crippen molar-refractivity contribution in [2.75, 3.05) is 40.6 Å². The molecule has 2 rings (SSSR count). The lowest BCUT2D eigenvalue weighted by atomic mass is 10.1. The predicted molar refractivity (Wildman–Crippen MR) is 113 cm³/mol. The molecule has 2 fully saturated rings. The highest BCUT2D eigenvalue weighted by Crippen LogP contribution is 2.23. The summed E-state index contributed by atoms with van der Waals surface area (Å²) in [6.07, 6.45) is 1.30. The van der Waals surface area contributed by atoms with Crippen molar-refractivity contribution in [1.82, 2.24) is 21.3 Å². The van der Waals surface area contributed by atoms with E-state index in [0.717, 1.165) is 12.8 Å². The van der Waals surface area contributed by atoms with Gasteiger partial charge >= 0.3 is 18.3 Å². The topological polar surface area (TPSA) is 163 Å². The van der Waals surface area contributed by atoms with Gasteiger partial charge in [-0.3, -0.25) is 4.79 Å². The van der Waals surface area contributed by atoms with Gasteiger partial charge < -0.3 is 45.0 Å². The fourth-order valence-corrected chi connectivity index (χ4v) is 3.43. The Morgan fingerprint density at radius 1 is 0.697 bits per heavy atom. The molecule has 188 valence electrons. The molecule has 0 spiro atoms. The van der Waals surface area contributed by atoms with E-state index in [1.807, 2.05) is 0 Å². The molecule has 13 nitrogen and oxygen atoms in total. The van der Waals surface area contributed by atoms with Crippen molar-refractivity contribution in [3.8, 4) is 0 Å². The highest BCUT2D eigenvalue weighted by molar-refractivity contribution is 5.75. The minimum atomic E-state index is -0.706. The van der Waals surface area contributed by atoms with E-state index in [1.54, 1.807) is 7.05 Å². The van der Waals surface area contributed by atoms with Crippen molar-refractivity contribution in [3.05, 3.63) is 0 Å². The second kappa shape index (κ2) is 14.4. The van der Waals surface area contributed by atoms with Gasteiger partial charge in [-0.05, 0) is 32.1 Å². The van der Waals surface area contributed by atoms with Crippen molar-refractivity contribution in [2.24, 2.45) is 0 Å². The smallest absolute Gasteiger partial charge is 0.408 e. The van der Waals surface area contributed by atoms with Crippen molar-refractivity contribution >= 4 is 24.2 Å². The van der Waals surface area contributed by atoms with E-state index in [4.69, 9.17) is 23.7 Å². The summed E-state index contributed by atoms with van der Waals surface area (Å²) in [5.41, 5.74) is 0. The van der Waals surface area contributed by atoms with Crippen molar-refractivity contribution in [1.29, 1.82) is 0 Å². The van der Waals surface area contributed by atoms with Gasteiger partial charge in [-0.25, -0.2) is 14.4 Å². The summed E-state index contributed by atoms with van der Waals surface area (Å²) in [4.78, 5) is 45.8. The maximum absolute atomic E-state index is 11.8. The van der Waals surface area contributed by atoms with E-state index in [-0.39, 0.29) is 56.8 Å². The first-order chi connectivity index (χ1) is 15.9. The molecule has 0 aliphatic carbocycles. The molecule has 0 aromatic carbocycles. The second-order valence-electron chi connectivity index (χ2n) is 7.70. The molecule has 4 atom stereocenters. The molecule has 0 saturated carbocycles. The van der Waals surface area contributed by atoms with Crippen LogP contribution in [0.1, 0.15) is 38.5 Å². The normalized spacial score (nSPS) is 23.9. The molecule has 0 bridgehead atoms. The number of carbonyl (C=O) groups excluding carboxylic acids is 4. The summed E-state index contributed by atoms with van der Waals surface area (Å²) in [6.45, 7) is 0.118. The Morgan fingerprint density at radius 2 is 1.15 bits per heavy atom. The molecule has 33 heavy (non-hydrogen) atoms. The van der Waals surface area contributed by atoms with Crippen molar-refractivity contribution < 1.29 is 42.9 Å². The van der Waals surface area contributed by atoms with Gasteiger partial charge in [-0.1, -0.05) is 0 Å². The van der Waals surface area contributed by atoms with Gasteiger partial charge in [0, 0.05) is 20.5 Å². The number of nitrogens with one attached hydrogen (secondary N) is 4. The molecule has 2 heterocycles. The van der Waals surface area contributed by atoms with Crippen LogP contribution in [0.5, 0.6) is 0 Å². The average molecular weight is 475 g/mol. The Labute approximate surface area is 192 Å². The molecule has 4 N–H and O–H groups in total. The van der Waals surface area contributed by atoms with Crippen LogP contribution in [0.2, 0.25) is 0 Å². The first-order valence-electron chi connectivity index (χ1n) is 11.1. The predicted octanol–water partition coefficient (Wildman–Crippen LogP) is 0.374.